The molecule has 0 radical (unpaired) electrons. The van der Waals surface area contributed by atoms with Gasteiger partial charge in [-0.05, 0) is 32.4 Å². The number of rotatable bonds is 0. The van der Waals surface area contributed by atoms with Crippen LogP contribution in [0.15, 0.2) is 0 Å². The summed E-state index contributed by atoms with van der Waals surface area (Å²) in [4.78, 5) is 9.46. The maximum atomic E-state index is 9.46. The summed E-state index contributed by atoms with van der Waals surface area (Å²) in [6, 6.07) is 0.914. The molecule has 0 spiro atoms. The van der Waals surface area contributed by atoms with Crippen LogP contribution in [0, 0.1) is 0 Å². The van der Waals surface area contributed by atoms with Crippen LogP contribution in [-0.4, -0.2) is 122 Å². The number of hydrogen-bond donors (Lipinski definition) is 1. The topological polar surface area (TPSA) is 29.5 Å². The SMILES string of the molecule is CC1CCC[Si](C)(O)O1.[KH].[KH]. The van der Waals surface area contributed by atoms with Crippen molar-refractivity contribution in [2.24, 2.45) is 0 Å². The molecule has 1 heterocycles. The second-order valence-corrected chi connectivity index (χ2v) is 6.08. The summed E-state index contributed by atoms with van der Waals surface area (Å²) < 4.78 is 5.37. The van der Waals surface area contributed by atoms with Crippen LogP contribution in [0.4, 0.5) is 0 Å². The fourth-order valence-corrected chi connectivity index (χ4v) is 3.23. The standard InChI is InChI=1S/C6H14O2Si.2K.2H/c1-6-4-3-5-9(2,7)8-6;;;;/h6-7H,3-5H2,1-2H3;;;;. The molecule has 11 heavy (non-hydrogen) atoms. The van der Waals surface area contributed by atoms with E-state index in [1.807, 2.05) is 13.5 Å². The molecule has 0 aliphatic carbocycles. The van der Waals surface area contributed by atoms with Crippen molar-refractivity contribution in [1.82, 2.24) is 0 Å². The molecule has 0 aromatic heterocycles. The van der Waals surface area contributed by atoms with E-state index in [0.717, 1.165) is 18.9 Å². The first kappa shape index (κ1) is 16.8. The summed E-state index contributed by atoms with van der Waals surface area (Å²) in [6.07, 6.45) is 2.55. The predicted octanol–water partition coefficient (Wildman–Crippen LogP) is -0.0474. The van der Waals surface area contributed by atoms with Gasteiger partial charge in [-0.2, -0.15) is 0 Å². The van der Waals surface area contributed by atoms with E-state index in [0.29, 0.717) is 6.10 Å². The third-order valence-corrected chi connectivity index (χ3v) is 3.90. The van der Waals surface area contributed by atoms with E-state index < -0.39 is 8.56 Å². The number of hydrogen-bond acceptors (Lipinski definition) is 2. The molecule has 58 valence electrons. The Kier molecular flexibility index (Phi) is 11.7. The zero-order valence-electron chi connectivity index (χ0n) is 6.05. The van der Waals surface area contributed by atoms with E-state index in [1.165, 1.54) is 0 Å². The molecule has 2 nitrogen and oxygen atoms in total. The first-order chi connectivity index (χ1) is 4.10. The maximum absolute atomic E-state index is 9.46. The van der Waals surface area contributed by atoms with Gasteiger partial charge in [-0.1, -0.05) is 0 Å². The van der Waals surface area contributed by atoms with Crippen molar-refractivity contribution in [3.8, 4) is 0 Å². The average molecular weight is 226 g/mol. The molecule has 1 rings (SSSR count). The van der Waals surface area contributed by atoms with Crippen LogP contribution in [0.3, 0.4) is 0 Å². The Morgan fingerprint density at radius 1 is 1.45 bits per heavy atom. The van der Waals surface area contributed by atoms with Crippen LogP contribution in [0.5, 0.6) is 0 Å². The van der Waals surface area contributed by atoms with Crippen molar-refractivity contribution in [2.45, 2.75) is 38.5 Å². The Bertz CT molecular complexity index is 111. The summed E-state index contributed by atoms with van der Waals surface area (Å²) in [7, 11) is -2.15. The molecule has 0 aromatic rings. The third kappa shape index (κ3) is 7.35. The van der Waals surface area contributed by atoms with Crippen molar-refractivity contribution >= 4 is 111 Å². The van der Waals surface area contributed by atoms with Crippen molar-refractivity contribution in [3.05, 3.63) is 0 Å². The van der Waals surface area contributed by atoms with Crippen LogP contribution in [-0.2, 0) is 4.43 Å². The van der Waals surface area contributed by atoms with E-state index >= 15 is 0 Å². The molecule has 0 amide bonds. The minimum absolute atomic E-state index is 0. The average Bonchev–Trinajstić information content (AvgIpc) is 1.60. The summed E-state index contributed by atoms with van der Waals surface area (Å²) in [5.41, 5.74) is 0. The molecular weight excluding hydrogens is 210 g/mol. The first-order valence-electron chi connectivity index (χ1n) is 3.50. The summed E-state index contributed by atoms with van der Waals surface area (Å²) >= 11 is 0. The van der Waals surface area contributed by atoms with Gasteiger partial charge in [-0.15, -0.1) is 0 Å². The van der Waals surface area contributed by atoms with E-state index in [2.05, 4.69) is 0 Å². The Hall–Kier alpha value is 3.41. The van der Waals surface area contributed by atoms with Gasteiger partial charge in [-0.3, -0.25) is 0 Å². The van der Waals surface area contributed by atoms with Crippen LogP contribution in [0.2, 0.25) is 12.6 Å². The van der Waals surface area contributed by atoms with Gasteiger partial charge < -0.3 is 9.22 Å². The second kappa shape index (κ2) is 7.67. The Labute approximate surface area is 155 Å². The van der Waals surface area contributed by atoms with Gasteiger partial charge in [-0.25, -0.2) is 0 Å². The molecule has 5 heteroatoms. The quantitative estimate of drug-likeness (QED) is 0.587. The molecule has 2 unspecified atom stereocenters. The Morgan fingerprint density at radius 3 is 2.27 bits per heavy atom. The summed E-state index contributed by atoms with van der Waals surface area (Å²) in [5, 5.41) is 0. The van der Waals surface area contributed by atoms with Gasteiger partial charge in [0.1, 0.15) is 0 Å². The van der Waals surface area contributed by atoms with Crippen LogP contribution in [0.1, 0.15) is 19.8 Å². The third-order valence-electron chi connectivity index (χ3n) is 1.71. The van der Waals surface area contributed by atoms with Crippen molar-refractivity contribution in [1.29, 1.82) is 0 Å². The monoisotopic (exact) mass is 226 g/mol. The van der Waals surface area contributed by atoms with E-state index in [-0.39, 0.29) is 103 Å². The normalized spacial score (nSPS) is 36.8. The first-order valence-corrected chi connectivity index (χ1v) is 6.07. The Balaban J connectivity index is 0. The predicted molar refractivity (Wildman–Crippen MR) is 52.7 cm³/mol. The van der Waals surface area contributed by atoms with Gasteiger partial charge in [0.25, 0.3) is 0 Å². The molecule has 1 aliphatic heterocycles. The fraction of sp³-hybridized carbons (Fsp3) is 1.00. The summed E-state index contributed by atoms with van der Waals surface area (Å²) in [6.45, 7) is 3.89. The molecule has 1 N–H and O–H groups in total. The van der Waals surface area contributed by atoms with Gasteiger partial charge >= 0.3 is 111 Å². The van der Waals surface area contributed by atoms with Crippen molar-refractivity contribution < 1.29 is 9.22 Å². The molecule has 1 saturated heterocycles. The minimum atomic E-state index is -2.15. The molecule has 2 atom stereocenters. The van der Waals surface area contributed by atoms with Gasteiger partial charge in [0.15, 0.2) is 0 Å². The van der Waals surface area contributed by atoms with E-state index in [1.54, 1.807) is 0 Å². The van der Waals surface area contributed by atoms with Crippen LogP contribution in [0.25, 0.3) is 0 Å². The zero-order chi connectivity index (χ0) is 6.91. The molecule has 0 aromatic carbocycles. The van der Waals surface area contributed by atoms with Crippen molar-refractivity contribution in [2.75, 3.05) is 0 Å². The molecule has 1 aliphatic rings. The van der Waals surface area contributed by atoms with Crippen molar-refractivity contribution in [3.63, 3.8) is 0 Å². The molecule has 0 saturated carbocycles. The van der Waals surface area contributed by atoms with Crippen LogP contribution >= 0.6 is 0 Å². The molecule has 1 fully saturated rings. The van der Waals surface area contributed by atoms with Crippen LogP contribution < -0.4 is 0 Å². The van der Waals surface area contributed by atoms with Gasteiger partial charge in [0.2, 0.25) is 0 Å². The van der Waals surface area contributed by atoms with Gasteiger partial charge in [0.05, 0.1) is 0 Å². The van der Waals surface area contributed by atoms with E-state index in [4.69, 9.17) is 4.43 Å². The zero-order valence-corrected chi connectivity index (χ0v) is 7.05. The van der Waals surface area contributed by atoms with Gasteiger partial charge in [0, 0.05) is 6.10 Å². The molecular formula is C6H16K2O2Si. The summed E-state index contributed by atoms with van der Waals surface area (Å²) in [5.74, 6) is 0. The Morgan fingerprint density at radius 2 is 2.00 bits per heavy atom. The fourth-order valence-electron chi connectivity index (χ4n) is 1.27. The second-order valence-electron chi connectivity index (χ2n) is 3.00. The van der Waals surface area contributed by atoms with E-state index in [9.17, 15) is 4.80 Å². The molecule has 0 bridgehead atoms.